The molecule has 1 saturated carbocycles. The average Bonchev–Trinajstić information content (AvgIpc) is 2.59. The SMILES string of the molecule is O=C(NC1CCC(Oc2ncc(F)cn2)CC1)c1ccccc1Br. The van der Waals surface area contributed by atoms with Gasteiger partial charge in [0.1, 0.15) is 6.10 Å². The van der Waals surface area contributed by atoms with E-state index < -0.39 is 5.82 Å². The van der Waals surface area contributed by atoms with Crippen LogP contribution in [0.25, 0.3) is 0 Å². The van der Waals surface area contributed by atoms with Crippen molar-refractivity contribution >= 4 is 21.8 Å². The summed E-state index contributed by atoms with van der Waals surface area (Å²) >= 11 is 3.39. The van der Waals surface area contributed by atoms with Crippen LogP contribution in [0.1, 0.15) is 36.0 Å². The molecule has 1 aromatic heterocycles. The van der Waals surface area contributed by atoms with Crippen molar-refractivity contribution in [2.24, 2.45) is 0 Å². The van der Waals surface area contributed by atoms with E-state index in [1.807, 2.05) is 18.2 Å². The standard InChI is InChI=1S/C17H17BrFN3O2/c18-15-4-2-1-3-14(15)16(23)22-12-5-7-13(8-6-12)24-17-20-9-11(19)10-21-17/h1-4,9-10,12-13H,5-8H2,(H,22,23). The van der Waals surface area contributed by atoms with E-state index in [1.165, 1.54) is 0 Å². The number of carbonyl (C=O) groups excluding carboxylic acids is 1. The van der Waals surface area contributed by atoms with Gasteiger partial charge in [-0.25, -0.2) is 14.4 Å². The molecule has 3 rings (SSSR count). The van der Waals surface area contributed by atoms with Crippen molar-refractivity contribution in [3.63, 3.8) is 0 Å². The summed E-state index contributed by atoms with van der Waals surface area (Å²) < 4.78 is 19.2. The van der Waals surface area contributed by atoms with Crippen LogP contribution in [0, 0.1) is 5.82 Å². The molecule has 0 aliphatic heterocycles. The summed E-state index contributed by atoms with van der Waals surface area (Å²) in [5.41, 5.74) is 0.635. The van der Waals surface area contributed by atoms with Crippen LogP contribution >= 0.6 is 15.9 Å². The second kappa shape index (κ2) is 7.70. The molecule has 1 amide bonds. The molecule has 2 aromatic rings. The highest BCUT2D eigenvalue weighted by Crippen LogP contribution is 2.23. The molecule has 0 radical (unpaired) electrons. The second-order valence-electron chi connectivity index (χ2n) is 5.73. The van der Waals surface area contributed by atoms with Gasteiger partial charge in [-0.05, 0) is 53.7 Å². The molecule has 0 atom stereocenters. The van der Waals surface area contributed by atoms with Gasteiger partial charge in [0.15, 0.2) is 5.82 Å². The van der Waals surface area contributed by atoms with E-state index in [2.05, 4.69) is 31.2 Å². The lowest BCUT2D eigenvalue weighted by molar-refractivity contribution is 0.0884. The van der Waals surface area contributed by atoms with Crippen molar-refractivity contribution < 1.29 is 13.9 Å². The molecule has 1 aliphatic rings. The maximum atomic E-state index is 12.8. The Bertz CT molecular complexity index is 703. The van der Waals surface area contributed by atoms with E-state index in [-0.39, 0.29) is 24.1 Å². The molecule has 0 bridgehead atoms. The summed E-state index contributed by atoms with van der Waals surface area (Å²) in [7, 11) is 0. The molecule has 1 heterocycles. The number of hydrogen-bond acceptors (Lipinski definition) is 4. The van der Waals surface area contributed by atoms with Gasteiger partial charge in [-0.2, -0.15) is 0 Å². The van der Waals surface area contributed by atoms with Crippen molar-refractivity contribution in [3.8, 4) is 6.01 Å². The van der Waals surface area contributed by atoms with Gasteiger partial charge in [0.25, 0.3) is 5.91 Å². The fraction of sp³-hybridized carbons (Fsp3) is 0.353. The molecule has 0 spiro atoms. The zero-order valence-electron chi connectivity index (χ0n) is 12.9. The first-order valence-electron chi connectivity index (χ1n) is 7.81. The number of amides is 1. The van der Waals surface area contributed by atoms with Gasteiger partial charge in [0, 0.05) is 10.5 Å². The number of halogens is 2. The predicted molar refractivity (Wildman–Crippen MR) is 90.3 cm³/mol. The fourth-order valence-corrected chi connectivity index (χ4v) is 3.21. The Morgan fingerprint density at radius 1 is 1.17 bits per heavy atom. The summed E-state index contributed by atoms with van der Waals surface area (Å²) in [6.07, 6.45) is 5.40. The van der Waals surface area contributed by atoms with E-state index in [9.17, 15) is 9.18 Å². The fourth-order valence-electron chi connectivity index (χ4n) is 2.74. The Hall–Kier alpha value is -2.02. The van der Waals surface area contributed by atoms with E-state index in [4.69, 9.17) is 4.74 Å². The minimum Gasteiger partial charge on any atom is -0.460 e. The first-order valence-corrected chi connectivity index (χ1v) is 8.60. The average molecular weight is 394 g/mol. The summed E-state index contributed by atoms with van der Waals surface area (Å²) in [6.45, 7) is 0. The van der Waals surface area contributed by atoms with Crippen LogP contribution in [-0.4, -0.2) is 28.0 Å². The number of nitrogens with zero attached hydrogens (tertiary/aromatic N) is 2. The first-order chi connectivity index (χ1) is 11.6. The van der Waals surface area contributed by atoms with Crippen LogP contribution in [0.15, 0.2) is 41.1 Å². The van der Waals surface area contributed by atoms with Crippen molar-refractivity contribution in [3.05, 3.63) is 52.5 Å². The van der Waals surface area contributed by atoms with E-state index in [0.29, 0.717) is 5.56 Å². The summed E-state index contributed by atoms with van der Waals surface area (Å²) in [5, 5.41) is 3.06. The van der Waals surface area contributed by atoms with E-state index >= 15 is 0 Å². The molecule has 1 fully saturated rings. The topological polar surface area (TPSA) is 64.1 Å². The van der Waals surface area contributed by atoms with Crippen LogP contribution in [-0.2, 0) is 0 Å². The molecule has 1 N–H and O–H groups in total. The van der Waals surface area contributed by atoms with Crippen LogP contribution in [0.5, 0.6) is 6.01 Å². The summed E-state index contributed by atoms with van der Waals surface area (Å²) in [4.78, 5) is 19.9. The highest BCUT2D eigenvalue weighted by Gasteiger charge is 2.25. The van der Waals surface area contributed by atoms with Gasteiger partial charge in [0.2, 0.25) is 0 Å². The van der Waals surface area contributed by atoms with Gasteiger partial charge < -0.3 is 10.1 Å². The number of hydrogen-bond donors (Lipinski definition) is 1. The minimum absolute atomic E-state index is 0.00734. The Labute approximate surface area is 147 Å². The highest BCUT2D eigenvalue weighted by atomic mass is 79.9. The smallest absolute Gasteiger partial charge is 0.316 e. The quantitative estimate of drug-likeness (QED) is 0.862. The molecule has 7 heteroatoms. The molecule has 0 unspecified atom stereocenters. The Morgan fingerprint density at radius 3 is 2.50 bits per heavy atom. The number of benzene rings is 1. The minimum atomic E-state index is -0.485. The highest BCUT2D eigenvalue weighted by molar-refractivity contribution is 9.10. The normalized spacial score (nSPS) is 20.4. The van der Waals surface area contributed by atoms with Crippen LogP contribution in [0.3, 0.4) is 0 Å². The van der Waals surface area contributed by atoms with Gasteiger partial charge in [-0.3, -0.25) is 4.79 Å². The zero-order chi connectivity index (χ0) is 16.9. The van der Waals surface area contributed by atoms with Crippen molar-refractivity contribution in [2.45, 2.75) is 37.8 Å². The number of rotatable bonds is 4. The lowest BCUT2D eigenvalue weighted by Gasteiger charge is -2.28. The van der Waals surface area contributed by atoms with Crippen LogP contribution < -0.4 is 10.1 Å². The van der Waals surface area contributed by atoms with Crippen LogP contribution in [0.4, 0.5) is 4.39 Å². The largest absolute Gasteiger partial charge is 0.460 e. The molecule has 0 saturated heterocycles. The van der Waals surface area contributed by atoms with Gasteiger partial charge >= 0.3 is 6.01 Å². The van der Waals surface area contributed by atoms with E-state index in [1.54, 1.807) is 6.07 Å². The third-order valence-electron chi connectivity index (χ3n) is 4.00. The number of ether oxygens (including phenoxy) is 1. The molecule has 1 aromatic carbocycles. The molecular formula is C17H17BrFN3O2. The van der Waals surface area contributed by atoms with Crippen molar-refractivity contribution in [2.75, 3.05) is 0 Å². The molecule has 126 valence electrons. The molecule has 1 aliphatic carbocycles. The van der Waals surface area contributed by atoms with E-state index in [0.717, 1.165) is 42.5 Å². The molecule has 24 heavy (non-hydrogen) atoms. The van der Waals surface area contributed by atoms with Gasteiger partial charge in [-0.15, -0.1) is 0 Å². The zero-order valence-corrected chi connectivity index (χ0v) is 14.5. The number of carbonyl (C=O) groups is 1. The maximum Gasteiger partial charge on any atom is 0.316 e. The third kappa shape index (κ3) is 4.29. The Balaban J connectivity index is 1.49. The van der Waals surface area contributed by atoms with Gasteiger partial charge in [0.05, 0.1) is 18.0 Å². The second-order valence-corrected chi connectivity index (χ2v) is 6.58. The number of nitrogens with one attached hydrogen (secondary N) is 1. The first kappa shape index (κ1) is 16.8. The van der Waals surface area contributed by atoms with Crippen LogP contribution in [0.2, 0.25) is 0 Å². The monoisotopic (exact) mass is 393 g/mol. The Morgan fingerprint density at radius 2 is 1.83 bits per heavy atom. The molecular weight excluding hydrogens is 377 g/mol. The number of aromatic nitrogens is 2. The summed E-state index contributed by atoms with van der Waals surface area (Å²) in [5.74, 6) is -0.561. The van der Waals surface area contributed by atoms with Crippen molar-refractivity contribution in [1.29, 1.82) is 0 Å². The lowest BCUT2D eigenvalue weighted by Crippen LogP contribution is -2.39. The third-order valence-corrected chi connectivity index (χ3v) is 4.69. The predicted octanol–water partition coefficient (Wildman–Crippen LogP) is 3.50. The maximum absolute atomic E-state index is 12.8. The molecule has 5 nitrogen and oxygen atoms in total. The van der Waals surface area contributed by atoms with Crippen molar-refractivity contribution in [1.82, 2.24) is 15.3 Å². The lowest BCUT2D eigenvalue weighted by atomic mass is 9.92. The van der Waals surface area contributed by atoms with Gasteiger partial charge in [-0.1, -0.05) is 12.1 Å². The summed E-state index contributed by atoms with van der Waals surface area (Å²) in [6, 6.07) is 7.67. The Kier molecular flexibility index (Phi) is 5.40.